The van der Waals surface area contributed by atoms with Gasteiger partial charge in [0.2, 0.25) is 0 Å². The van der Waals surface area contributed by atoms with E-state index in [2.05, 4.69) is 15.9 Å². The largest absolute Gasteiger partial charge is 0.488 e. The highest BCUT2D eigenvalue weighted by Crippen LogP contribution is 2.31. The predicted molar refractivity (Wildman–Crippen MR) is 85.1 cm³/mol. The first-order valence-corrected chi connectivity index (χ1v) is 7.38. The Morgan fingerprint density at radius 1 is 1.19 bits per heavy atom. The van der Waals surface area contributed by atoms with Crippen LogP contribution in [0.15, 0.2) is 40.9 Å². The minimum atomic E-state index is -0.491. The highest BCUT2D eigenvalue weighted by Gasteiger charge is 2.12. The van der Waals surface area contributed by atoms with Crippen LogP contribution < -0.4 is 15.2 Å². The van der Waals surface area contributed by atoms with E-state index >= 15 is 0 Å². The molecule has 0 unspecified atom stereocenters. The van der Waals surface area contributed by atoms with E-state index < -0.39 is 5.82 Å². The maximum absolute atomic E-state index is 13.8. The Bertz CT molecular complexity index is 632. The molecule has 0 aliphatic rings. The van der Waals surface area contributed by atoms with Gasteiger partial charge in [0.1, 0.15) is 12.4 Å². The highest BCUT2D eigenvalue weighted by atomic mass is 79.9. The Morgan fingerprint density at radius 2 is 1.90 bits per heavy atom. The van der Waals surface area contributed by atoms with Crippen LogP contribution in [0.1, 0.15) is 19.4 Å². The second kappa shape index (κ2) is 6.80. The first kappa shape index (κ1) is 15.6. The Balaban J connectivity index is 2.18. The van der Waals surface area contributed by atoms with E-state index in [9.17, 15) is 4.39 Å². The van der Waals surface area contributed by atoms with Gasteiger partial charge >= 0.3 is 0 Å². The standard InChI is InChI=1S/C16H17BrFNO2/c1-10(2)21-15-8-16(14(19)7-13(15)18)20-9-11-5-3-4-6-12(11)17/h3-8,10H,9,19H2,1-2H3. The van der Waals surface area contributed by atoms with Gasteiger partial charge < -0.3 is 15.2 Å². The second-order valence-corrected chi connectivity index (χ2v) is 5.72. The number of nitrogens with two attached hydrogens (primary N) is 1. The van der Waals surface area contributed by atoms with Crippen molar-refractivity contribution in [3.63, 3.8) is 0 Å². The van der Waals surface area contributed by atoms with Gasteiger partial charge in [0.15, 0.2) is 11.6 Å². The third kappa shape index (κ3) is 4.11. The zero-order valence-corrected chi connectivity index (χ0v) is 13.5. The van der Waals surface area contributed by atoms with Crippen molar-refractivity contribution in [3.8, 4) is 11.5 Å². The lowest BCUT2D eigenvalue weighted by Crippen LogP contribution is -2.08. The fraction of sp³-hybridized carbons (Fsp3) is 0.250. The van der Waals surface area contributed by atoms with Crippen LogP contribution in [0.3, 0.4) is 0 Å². The predicted octanol–water partition coefficient (Wildman–Crippen LogP) is 4.54. The van der Waals surface area contributed by atoms with E-state index in [0.29, 0.717) is 12.4 Å². The lowest BCUT2D eigenvalue weighted by Gasteiger charge is -2.15. The van der Waals surface area contributed by atoms with Gasteiger partial charge in [-0.05, 0) is 19.9 Å². The van der Waals surface area contributed by atoms with Crippen molar-refractivity contribution in [2.45, 2.75) is 26.6 Å². The third-order valence-corrected chi connectivity index (χ3v) is 3.54. The molecule has 0 aliphatic heterocycles. The number of ether oxygens (including phenoxy) is 2. The van der Waals surface area contributed by atoms with Gasteiger partial charge in [-0.25, -0.2) is 4.39 Å². The van der Waals surface area contributed by atoms with Crippen molar-refractivity contribution < 1.29 is 13.9 Å². The number of benzene rings is 2. The summed E-state index contributed by atoms with van der Waals surface area (Å²) in [6, 6.07) is 10.4. The van der Waals surface area contributed by atoms with E-state index in [1.54, 1.807) is 0 Å². The normalized spacial score (nSPS) is 10.7. The summed E-state index contributed by atoms with van der Waals surface area (Å²) >= 11 is 3.45. The highest BCUT2D eigenvalue weighted by molar-refractivity contribution is 9.10. The maximum Gasteiger partial charge on any atom is 0.167 e. The number of hydrogen-bond donors (Lipinski definition) is 1. The fourth-order valence-electron chi connectivity index (χ4n) is 1.79. The Morgan fingerprint density at radius 3 is 2.57 bits per heavy atom. The van der Waals surface area contributed by atoms with Crippen LogP contribution in [-0.2, 0) is 6.61 Å². The summed E-state index contributed by atoms with van der Waals surface area (Å²) in [7, 11) is 0. The molecule has 0 saturated heterocycles. The molecule has 2 aromatic rings. The zero-order chi connectivity index (χ0) is 15.4. The van der Waals surface area contributed by atoms with Crippen LogP contribution in [0.4, 0.5) is 10.1 Å². The molecule has 3 nitrogen and oxygen atoms in total. The van der Waals surface area contributed by atoms with Gasteiger partial charge in [-0.1, -0.05) is 34.1 Å². The molecule has 0 bridgehead atoms. The number of rotatable bonds is 5. The zero-order valence-electron chi connectivity index (χ0n) is 11.9. The van der Waals surface area contributed by atoms with Crippen LogP contribution in [0.5, 0.6) is 11.5 Å². The molecular weight excluding hydrogens is 337 g/mol. The number of anilines is 1. The van der Waals surface area contributed by atoms with Gasteiger partial charge in [0.25, 0.3) is 0 Å². The summed E-state index contributed by atoms with van der Waals surface area (Å²) in [5.41, 5.74) is 7.02. The molecule has 2 N–H and O–H groups in total. The average molecular weight is 354 g/mol. The van der Waals surface area contributed by atoms with Crippen LogP contribution in [0, 0.1) is 5.82 Å². The number of halogens is 2. The SMILES string of the molecule is CC(C)Oc1cc(OCc2ccccc2Br)c(N)cc1F. The number of nitrogen functional groups attached to an aromatic ring is 1. The fourth-order valence-corrected chi connectivity index (χ4v) is 2.19. The smallest absolute Gasteiger partial charge is 0.167 e. The summed E-state index contributed by atoms with van der Waals surface area (Å²) in [5, 5.41) is 0. The molecule has 0 heterocycles. The molecule has 5 heteroatoms. The van der Waals surface area contributed by atoms with Gasteiger partial charge in [-0.15, -0.1) is 0 Å². The second-order valence-electron chi connectivity index (χ2n) is 4.87. The molecule has 0 radical (unpaired) electrons. The van der Waals surface area contributed by atoms with E-state index in [-0.39, 0.29) is 17.5 Å². The van der Waals surface area contributed by atoms with Crippen molar-refractivity contribution in [2.75, 3.05) is 5.73 Å². The molecule has 0 aromatic heterocycles. The van der Waals surface area contributed by atoms with Crippen molar-refractivity contribution in [1.29, 1.82) is 0 Å². The van der Waals surface area contributed by atoms with E-state index in [1.807, 2.05) is 38.1 Å². The molecule has 2 rings (SSSR count). The lowest BCUT2D eigenvalue weighted by atomic mass is 10.2. The number of hydrogen-bond acceptors (Lipinski definition) is 3. The molecule has 112 valence electrons. The molecule has 21 heavy (non-hydrogen) atoms. The van der Waals surface area contributed by atoms with E-state index in [4.69, 9.17) is 15.2 Å². The monoisotopic (exact) mass is 353 g/mol. The van der Waals surface area contributed by atoms with Crippen LogP contribution in [0.2, 0.25) is 0 Å². The minimum Gasteiger partial charge on any atom is -0.488 e. The maximum atomic E-state index is 13.8. The first-order valence-electron chi connectivity index (χ1n) is 6.59. The van der Waals surface area contributed by atoms with Crippen molar-refractivity contribution >= 4 is 21.6 Å². The minimum absolute atomic E-state index is 0.126. The molecule has 2 aromatic carbocycles. The van der Waals surface area contributed by atoms with Gasteiger partial charge in [-0.3, -0.25) is 0 Å². The molecular formula is C16H17BrFNO2. The first-order chi connectivity index (χ1) is 9.97. The van der Waals surface area contributed by atoms with Crippen LogP contribution in [-0.4, -0.2) is 6.10 Å². The van der Waals surface area contributed by atoms with Crippen LogP contribution in [0.25, 0.3) is 0 Å². The average Bonchev–Trinajstić information content (AvgIpc) is 2.41. The summed E-state index contributed by atoms with van der Waals surface area (Å²) < 4.78 is 25.8. The molecule has 0 fully saturated rings. The summed E-state index contributed by atoms with van der Waals surface area (Å²) in [6.07, 6.45) is -0.126. The third-order valence-electron chi connectivity index (χ3n) is 2.77. The van der Waals surface area contributed by atoms with Gasteiger partial charge in [0, 0.05) is 22.2 Å². The van der Waals surface area contributed by atoms with Crippen LogP contribution >= 0.6 is 15.9 Å². The molecule has 0 atom stereocenters. The summed E-state index contributed by atoms with van der Waals surface area (Å²) in [6.45, 7) is 3.99. The molecule has 0 spiro atoms. The lowest BCUT2D eigenvalue weighted by molar-refractivity contribution is 0.228. The Labute approximate surface area is 132 Å². The van der Waals surface area contributed by atoms with E-state index in [0.717, 1.165) is 10.0 Å². The molecule has 0 aliphatic carbocycles. The Hall–Kier alpha value is -1.75. The molecule has 0 saturated carbocycles. The Kier molecular flexibility index (Phi) is 5.07. The van der Waals surface area contributed by atoms with Crippen molar-refractivity contribution in [3.05, 3.63) is 52.3 Å². The van der Waals surface area contributed by atoms with Crippen molar-refractivity contribution in [1.82, 2.24) is 0 Å². The summed E-state index contributed by atoms with van der Waals surface area (Å²) in [4.78, 5) is 0. The van der Waals surface area contributed by atoms with Crippen molar-refractivity contribution in [2.24, 2.45) is 0 Å². The van der Waals surface area contributed by atoms with E-state index in [1.165, 1.54) is 12.1 Å². The van der Waals surface area contributed by atoms with Gasteiger partial charge in [0.05, 0.1) is 11.8 Å². The van der Waals surface area contributed by atoms with Gasteiger partial charge in [-0.2, -0.15) is 0 Å². The summed E-state index contributed by atoms with van der Waals surface area (Å²) in [5.74, 6) is 0.0542. The quantitative estimate of drug-likeness (QED) is 0.802. The molecule has 0 amide bonds. The topological polar surface area (TPSA) is 44.5 Å².